The zero-order valence-electron chi connectivity index (χ0n) is 11.7. The zero-order chi connectivity index (χ0) is 14.2. The summed E-state index contributed by atoms with van der Waals surface area (Å²) < 4.78 is 2.26. The van der Waals surface area contributed by atoms with Crippen molar-refractivity contribution in [3.05, 3.63) is 23.1 Å². The summed E-state index contributed by atoms with van der Waals surface area (Å²) in [5, 5.41) is 0.634. The molecule has 0 aliphatic heterocycles. The molecule has 1 aliphatic carbocycles. The third kappa shape index (κ3) is 2.66. The van der Waals surface area contributed by atoms with Crippen LogP contribution in [0.3, 0.4) is 0 Å². The molecule has 1 aliphatic rings. The first-order valence-corrected chi connectivity index (χ1v) is 8.15. The Kier molecular flexibility index (Phi) is 3.91. The highest BCUT2D eigenvalue weighted by molar-refractivity contribution is 6.31. The molecule has 0 saturated heterocycles. The molecule has 0 amide bonds. The fourth-order valence-corrected chi connectivity index (χ4v) is 3.33. The van der Waals surface area contributed by atoms with E-state index < -0.39 is 0 Å². The molecule has 0 bridgehead atoms. The van der Waals surface area contributed by atoms with Crippen LogP contribution in [0.2, 0.25) is 5.02 Å². The number of hydrogen-bond donors (Lipinski definition) is 0. The number of nitrogens with zero attached hydrogens (tertiary/aromatic N) is 3. The van der Waals surface area contributed by atoms with E-state index in [2.05, 4.69) is 21.5 Å². The van der Waals surface area contributed by atoms with Gasteiger partial charge in [0, 0.05) is 25.0 Å². The quantitative estimate of drug-likeness (QED) is 0.738. The molecule has 0 unspecified atom stereocenters. The minimum atomic E-state index is 0.463. The highest BCUT2D eigenvalue weighted by Crippen LogP contribution is 2.51. The van der Waals surface area contributed by atoms with E-state index in [1.807, 2.05) is 6.07 Å². The van der Waals surface area contributed by atoms with Gasteiger partial charge in [0.1, 0.15) is 11.3 Å². The third-order valence-electron chi connectivity index (χ3n) is 4.18. The summed E-state index contributed by atoms with van der Waals surface area (Å²) in [5.74, 6) is 1.62. The van der Waals surface area contributed by atoms with E-state index in [-0.39, 0.29) is 0 Å². The number of aryl methyl sites for hydroxylation is 1. The van der Waals surface area contributed by atoms with Crippen LogP contribution in [0, 0.1) is 5.41 Å². The maximum atomic E-state index is 6.01. The summed E-state index contributed by atoms with van der Waals surface area (Å²) in [6.45, 7) is 3.27. The topological polar surface area (TPSA) is 30.7 Å². The number of hydrogen-bond acceptors (Lipinski definition) is 2. The summed E-state index contributed by atoms with van der Waals surface area (Å²) in [6, 6.07) is 1.89. The third-order valence-corrected chi connectivity index (χ3v) is 4.58. The van der Waals surface area contributed by atoms with Crippen molar-refractivity contribution in [2.75, 3.05) is 5.88 Å². The van der Waals surface area contributed by atoms with Gasteiger partial charge in [-0.05, 0) is 30.7 Å². The van der Waals surface area contributed by atoms with Crippen LogP contribution in [0.15, 0.2) is 12.3 Å². The second-order valence-electron chi connectivity index (χ2n) is 5.80. The molecule has 0 atom stereocenters. The van der Waals surface area contributed by atoms with Crippen LogP contribution < -0.4 is 0 Å². The van der Waals surface area contributed by atoms with E-state index in [4.69, 9.17) is 23.2 Å². The van der Waals surface area contributed by atoms with Gasteiger partial charge in [0.2, 0.25) is 0 Å². The van der Waals surface area contributed by atoms with E-state index in [9.17, 15) is 0 Å². The van der Waals surface area contributed by atoms with E-state index in [1.165, 1.54) is 25.7 Å². The van der Waals surface area contributed by atoms with Crippen molar-refractivity contribution < 1.29 is 0 Å². The number of rotatable bonds is 6. The SMILES string of the molecule is CCCC1(Cn2c(CCCl)nc3cc(Cl)cnc32)CC1. The van der Waals surface area contributed by atoms with Gasteiger partial charge in [-0.25, -0.2) is 9.97 Å². The highest BCUT2D eigenvalue weighted by Gasteiger charge is 2.42. The normalized spacial score (nSPS) is 16.8. The molecule has 1 saturated carbocycles. The van der Waals surface area contributed by atoms with Crippen molar-refractivity contribution in [3.8, 4) is 0 Å². The van der Waals surface area contributed by atoms with E-state index >= 15 is 0 Å². The molecule has 3 nitrogen and oxygen atoms in total. The Morgan fingerprint density at radius 2 is 2.20 bits per heavy atom. The fraction of sp³-hybridized carbons (Fsp3) is 0.600. The Bertz CT molecular complexity index is 617. The van der Waals surface area contributed by atoms with Crippen molar-refractivity contribution in [2.24, 2.45) is 5.41 Å². The monoisotopic (exact) mass is 311 g/mol. The summed E-state index contributed by atoms with van der Waals surface area (Å²) in [4.78, 5) is 9.15. The molecule has 3 rings (SSSR count). The van der Waals surface area contributed by atoms with Gasteiger partial charge in [-0.15, -0.1) is 11.6 Å². The molecule has 1 fully saturated rings. The van der Waals surface area contributed by atoms with Crippen molar-refractivity contribution in [1.29, 1.82) is 0 Å². The molecule has 2 heterocycles. The summed E-state index contributed by atoms with van der Waals surface area (Å²) >= 11 is 11.9. The summed E-state index contributed by atoms with van der Waals surface area (Å²) in [7, 11) is 0. The average molecular weight is 312 g/mol. The number of fused-ring (bicyclic) bond motifs is 1. The van der Waals surface area contributed by atoms with Crippen molar-refractivity contribution >= 4 is 34.4 Å². The van der Waals surface area contributed by atoms with Gasteiger partial charge < -0.3 is 4.57 Å². The maximum Gasteiger partial charge on any atom is 0.160 e. The van der Waals surface area contributed by atoms with Gasteiger partial charge in [-0.2, -0.15) is 0 Å². The Morgan fingerprint density at radius 1 is 1.40 bits per heavy atom. The lowest BCUT2D eigenvalue weighted by Crippen LogP contribution is -2.15. The number of halogens is 2. The fourth-order valence-electron chi connectivity index (χ4n) is 3.00. The van der Waals surface area contributed by atoms with Crippen LogP contribution >= 0.6 is 23.2 Å². The van der Waals surface area contributed by atoms with Crippen molar-refractivity contribution in [1.82, 2.24) is 14.5 Å². The zero-order valence-corrected chi connectivity index (χ0v) is 13.2. The van der Waals surface area contributed by atoms with Gasteiger partial charge >= 0.3 is 0 Å². The Balaban J connectivity index is 2.00. The van der Waals surface area contributed by atoms with Crippen molar-refractivity contribution in [2.45, 2.75) is 45.6 Å². The molecule has 2 aromatic rings. The molecule has 0 radical (unpaired) electrons. The largest absolute Gasteiger partial charge is 0.312 e. The first kappa shape index (κ1) is 14.2. The number of pyridine rings is 1. The lowest BCUT2D eigenvalue weighted by atomic mass is 10.0. The molecule has 5 heteroatoms. The standard InChI is InChI=1S/C15H19Cl2N3/c1-2-4-15(5-6-15)10-20-13(3-7-16)19-12-8-11(17)9-18-14(12)20/h8-9H,2-7,10H2,1H3. The molecule has 0 N–H and O–H groups in total. The van der Waals surface area contributed by atoms with Gasteiger partial charge in [0.15, 0.2) is 5.65 Å². The van der Waals surface area contributed by atoms with Gasteiger partial charge in [-0.3, -0.25) is 0 Å². The minimum absolute atomic E-state index is 0.463. The van der Waals surface area contributed by atoms with Gasteiger partial charge in [-0.1, -0.05) is 24.9 Å². The molecule has 0 spiro atoms. The first-order chi connectivity index (χ1) is 9.67. The molecule has 2 aromatic heterocycles. The summed E-state index contributed by atoms with van der Waals surface area (Å²) in [5.41, 5.74) is 2.28. The molecule has 108 valence electrons. The smallest absolute Gasteiger partial charge is 0.160 e. The van der Waals surface area contributed by atoms with Crippen LogP contribution in [0.4, 0.5) is 0 Å². The predicted octanol–water partition coefficient (Wildman–Crippen LogP) is 4.45. The Labute approximate surface area is 129 Å². The van der Waals surface area contributed by atoms with Crippen LogP contribution in [0.25, 0.3) is 11.2 Å². The van der Waals surface area contributed by atoms with Crippen LogP contribution in [-0.4, -0.2) is 20.4 Å². The minimum Gasteiger partial charge on any atom is -0.312 e. The van der Waals surface area contributed by atoms with Gasteiger partial charge in [0.05, 0.1) is 5.02 Å². The Morgan fingerprint density at radius 3 is 2.85 bits per heavy atom. The Hall–Kier alpha value is -0.800. The highest BCUT2D eigenvalue weighted by atomic mass is 35.5. The lowest BCUT2D eigenvalue weighted by Gasteiger charge is -2.17. The molecule has 0 aromatic carbocycles. The second kappa shape index (κ2) is 5.53. The number of alkyl halides is 1. The number of aromatic nitrogens is 3. The summed E-state index contributed by atoms with van der Waals surface area (Å²) in [6.07, 6.45) is 7.61. The maximum absolute atomic E-state index is 6.01. The number of imidazole rings is 1. The predicted molar refractivity (Wildman–Crippen MR) is 83.5 cm³/mol. The first-order valence-electron chi connectivity index (χ1n) is 7.24. The lowest BCUT2D eigenvalue weighted by molar-refractivity contribution is 0.386. The molecule has 20 heavy (non-hydrogen) atoms. The van der Waals surface area contributed by atoms with Crippen LogP contribution in [0.1, 0.15) is 38.4 Å². The van der Waals surface area contributed by atoms with Crippen LogP contribution in [0.5, 0.6) is 0 Å². The van der Waals surface area contributed by atoms with E-state index in [0.717, 1.165) is 30.0 Å². The molecular weight excluding hydrogens is 293 g/mol. The second-order valence-corrected chi connectivity index (χ2v) is 6.61. The van der Waals surface area contributed by atoms with Gasteiger partial charge in [0.25, 0.3) is 0 Å². The van der Waals surface area contributed by atoms with Crippen molar-refractivity contribution in [3.63, 3.8) is 0 Å². The average Bonchev–Trinajstić information content (AvgIpc) is 3.09. The molecular formula is C15H19Cl2N3. The van der Waals surface area contributed by atoms with E-state index in [1.54, 1.807) is 6.20 Å². The van der Waals surface area contributed by atoms with Crippen LogP contribution in [-0.2, 0) is 13.0 Å². The van der Waals surface area contributed by atoms with E-state index in [0.29, 0.717) is 16.3 Å².